The molecule has 0 aliphatic carbocycles. The molecular formula is C22H21N3O3. The summed E-state index contributed by atoms with van der Waals surface area (Å²) in [6, 6.07) is 22.8. The van der Waals surface area contributed by atoms with Gasteiger partial charge in [0.05, 0.1) is 5.69 Å². The molecule has 1 aliphatic heterocycles. The summed E-state index contributed by atoms with van der Waals surface area (Å²) < 4.78 is 5.41. The molecule has 0 fully saturated rings. The van der Waals surface area contributed by atoms with Gasteiger partial charge in [-0.05, 0) is 48.0 Å². The standard InChI is InChI=1S/C22H21N3O3/c26-21-14-28-20-11-8-16(12-19(20)25-21)22(27)24-18-9-6-15(7-10-18)13-23-17-4-2-1-3-5-17/h1-12,21,23,25-26H,13-14H2,(H,24,27). The number of nitrogens with one attached hydrogen (secondary N) is 3. The molecule has 1 aliphatic rings. The number of hydrogen-bond donors (Lipinski definition) is 4. The van der Waals surface area contributed by atoms with Crippen LogP contribution in [0.2, 0.25) is 0 Å². The summed E-state index contributed by atoms with van der Waals surface area (Å²) in [5, 5.41) is 18.8. The van der Waals surface area contributed by atoms with Crippen LogP contribution >= 0.6 is 0 Å². The maximum Gasteiger partial charge on any atom is 0.255 e. The van der Waals surface area contributed by atoms with E-state index in [1.54, 1.807) is 18.2 Å². The maximum atomic E-state index is 12.5. The average Bonchev–Trinajstić information content (AvgIpc) is 2.73. The van der Waals surface area contributed by atoms with Gasteiger partial charge in [0.25, 0.3) is 5.91 Å². The lowest BCUT2D eigenvalue weighted by molar-refractivity contribution is 0.102. The number of aliphatic hydroxyl groups is 1. The molecule has 1 heterocycles. The van der Waals surface area contributed by atoms with Gasteiger partial charge in [-0.2, -0.15) is 0 Å². The molecule has 0 saturated heterocycles. The topological polar surface area (TPSA) is 82.6 Å². The first-order valence-corrected chi connectivity index (χ1v) is 9.08. The fourth-order valence-corrected chi connectivity index (χ4v) is 2.97. The number of fused-ring (bicyclic) bond motifs is 1. The summed E-state index contributed by atoms with van der Waals surface area (Å²) in [6.07, 6.45) is -0.775. The van der Waals surface area contributed by atoms with E-state index < -0.39 is 6.23 Å². The van der Waals surface area contributed by atoms with E-state index in [9.17, 15) is 9.90 Å². The Morgan fingerprint density at radius 3 is 2.61 bits per heavy atom. The minimum absolute atomic E-state index is 0.185. The van der Waals surface area contributed by atoms with Crippen LogP contribution in [-0.2, 0) is 6.54 Å². The number of aliphatic hydroxyl groups excluding tert-OH is 1. The predicted octanol–water partition coefficient (Wildman–Crippen LogP) is 3.67. The monoisotopic (exact) mass is 375 g/mol. The van der Waals surface area contributed by atoms with Gasteiger partial charge in [-0.15, -0.1) is 0 Å². The Balaban J connectivity index is 1.37. The lowest BCUT2D eigenvalue weighted by atomic mass is 10.1. The maximum absolute atomic E-state index is 12.5. The molecule has 0 aromatic heterocycles. The van der Waals surface area contributed by atoms with Crippen molar-refractivity contribution in [2.24, 2.45) is 0 Å². The highest BCUT2D eigenvalue weighted by Gasteiger charge is 2.18. The molecule has 4 N–H and O–H groups in total. The Labute approximate surface area is 163 Å². The van der Waals surface area contributed by atoms with Crippen molar-refractivity contribution in [3.8, 4) is 5.75 Å². The molecule has 4 rings (SSSR count). The van der Waals surface area contributed by atoms with E-state index in [1.165, 1.54) is 0 Å². The molecule has 28 heavy (non-hydrogen) atoms. The smallest absolute Gasteiger partial charge is 0.255 e. The molecule has 0 spiro atoms. The lowest BCUT2D eigenvalue weighted by Gasteiger charge is -2.24. The van der Waals surface area contributed by atoms with Crippen molar-refractivity contribution < 1.29 is 14.6 Å². The summed E-state index contributed by atoms with van der Waals surface area (Å²) in [6.45, 7) is 0.890. The number of carbonyl (C=O) groups is 1. The molecule has 0 bridgehead atoms. The van der Waals surface area contributed by atoms with Crippen LogP contribution in [0.1, 0.15) is 15.9 Å². The van der Waals surface area contributed by atoms with Crippen molar-refractivity contribution in [2.75, 3.05) is 22.6 Å². The quantitative estimate of drug-likeness (QED) is 0.547. The third-order valence-electron chi connectivity index (χ3n) is 4.44. The zero-order chi connectivity index (χ0) is 19.3. The predicted molar refractivity (Wildman–Crippen MR) is 110 cm³/mol. The van der Waals surface area contributed by atoms with E-state index in [1.807, 2.05) is 54.6 Å². The van der Waals surface area contributed by atoms with Crippen LogP contribution in [0.3, 0.4) is 0 Å². The Bertz CT molecular complexity index is 959. The van der Waals surface area contributed by atoms with Crippen molar-refractivity contribution in [2.45, 2.75) is 12.8 Å². The van der Waals surface area contributed by atoms with Crippen LogP contribution in [0.15, 0.2) is 72.8 Å². The summed E-state index contributed by atoms with van der Waals surface area (Å²) in [7, 11) is 0. The number of benzene rings is 3. The van der Waals surface area contributed by atoms with Crippen molar-refractivity contribution >= 4 is 23.0 Å². The number of hydrogen-bond acceptors (Lipinski definition) is 5. The normalized spacial score (nSPS) is 15.0. The minimum atomic E-state index is -0.775. The molecular weight excluding hydrogens is 354 g/mol. The van der Waals surface area contributed by atoms with Gasteiger partial charge in [-0.3, -0.25) is 4.79 Å². The first-order valence-electron chi connectivity index (χ1n) is 9.08. The number of para-hydroxylation sites is 1. The minimum Gasteiger partial charge on any atom is -0.487 e. The number of amides is 1. The van der Waals surface area contributed by atoms with E-state index in [0.717, 1.165) is 16.9 Å². The van der Waals surface area contributed by atoms with Crippen molar-refractivity contribution in [1.82, 2.24) is 0 Å². The Morgan fingerprint density at radius 2 is 1.82 bits per heavy atom. The SMILES string of the molecule is O=C(Nc1ccc(CNc2ccccc2)cc1)c1ccc2c(c1)NC(O)CO2. The summed E-state index contributed by atoms with van der Waals surface area (Å²) in [5.74, 6) is 0.400. The largest absolute Gasteiger partial charge is 0.487 e. The Morgan fingerprint density at radius 1 is 1.04 bits per heavy atom. The van der Waals surface area contributed by atoms with E-state index in [0.29, 0.717) is 23.5 Å². The van der Waals surface area contributed by atoms with Crippen LogP contribution in [0.4, 0.5) is 17.1 Å². The summed E-state index contributed by atoms with van der Waals surface area (Å²) in [4.78, 5) is 12.5. The van der Waals surface area contributed by atoms with Crippen molar-refractivity contribution in [1.29, 1.82) is 0 Å². The fourth-order valence-electron chi connectivity index (χ4n) is 2.97. The molecule has 1 atom stereocenters. The van der Waals surface area contributed by atoms with Gasteiger partial charge in [0, 0.05) is 23.5 Å². The van der Waals surface area contributed by atoms with E-state index in [2.05, 4.69) is 16.0 Å². The third kappa shape index (κ3) is 4.24. The van der Waals surface area contributed by atoms with Crippen molar-refractivity contribution in [3.05, 3.63) is 83.9 Å². The van der Waals surface area contributed by atoms with Gasteiger partial charge in [0.1, 0.15) is 12.4 Å². The van der Waals surface area contributed by atoms with Gasteiger partial charge in [-0.1, -0.05) is 30.3 Å². The highest BCUT2D eigenvalue weighted by atomic mass is 16.5. The van der Waals surface area contributed by atoms with Gasteiger partial charge >= 0.3 is 0 Å². The molecule has 3 aromatic carbocycles. The Hall–Kier alpha value is -3.51. The van der Waals surface area contributed by atoms with Gasteiger partial charge < -0.3 is 25.8 Å². The van der Waals surface area contributed by atoms with E-state index in [4.69, 9.17) is 4.74 Å². The van der Waals surface area contributed by atoms with Crippen LogP contribution in [0.5, 0.6) is 5.75 Å². The van der Waals surface area contributed by atoms with Crippen molar-refractivity contribution in [3.63, 3.8) is 0 Å². The van der Waals surface area contributed by atoms with Crippen LogP contribution in [0.25, 0.3) is 0 Å². The van der Waals surface area contributed by atoms with Gasteiger partial charge in [0.15, 0.2) is 6.23 Å². The molecule has 1 amide bonds. The Kier molecular flexibility index (Phi) is 5.12. The average molecular weight is 375 g/mol. The molecule has 142 valence electrons. The van der Waals surface area contributed by atoms with E-state index in [-0.39, 0.29) is 12.5 Å². The van der Waals surface area contributed by atoms with E-state index >= 15 is 0 Å². The molecule has 6 nitrogen and oxygen atoms in total. The third-order valence-corrected chi connectivity index (χ3v) is 4.44. The van der Waals surface area contributed by atoms with Crippen LogP contribution in [-0.4, -0.2) is 23.8 Å². The molecule has 1 unspecified atom stereocenters. The van der Waals surface area contributed by atoms with Crippen LogP contribution < -0.4 is 20.7 Å². The number of anilines is 3. The second-order valence-electron chi connectivity index (χ2n) is 6.55. The first kappa shape index (κ1) is 17.9. The molecule has 6 heteroatoms. The highest BCUT2D eigenvalue weighted by Crippen LogP contribution is 2.29. The molecule has 3 aromatic rings. The second-order valence-corrected chi connectivity index (χ2v) is 6.55. The zero-order valence-electron chi connectivity index (χ0n) is 15.2. The fraction of sp³-hybridized carbons (Fsp3) is 0.136. The van der Waals surface area contributed by atoms with Gasteiger partial charge in [0.2, 0.25) is 0 Å². The molecule has 0 radical (unpaired) electrons. The summed E-state index contributed by atoms with van der Waals surface area (Å²) in [5.41, 5.74) is 3.99. The van der Waals surface area contributed by atoms with Crippen LogP contribution in [0, 0.1) is 0 Å². The highest BCUT2D eigenvalue weighted by molar-refractivity contribution is 6.05. The number of rotatable bonds is 5. The first-order chi connectivity index (χ1) is 13.7. The number of carbonyl (C=O) groups excluding carboxylic acids is 1. The molecule has 0 saturated carbocycles. The number of ether oxygens (including phenoxy) is 1. The summed E-state index contributed by atoms with van der Waals surface area (Å²) >= 11 is 0. The second kappa shape index (κ2) is 8.02. The lowest BCUT2D eigenvalue weighted by Crippen LogP contribution is -2.31. The van der Waals surface area contributed by atoms with Gasteiger partial charge in [-0.25, -0.2) is 0 Å². The zero-order valence-corrected chi connectivity index (χ0v) is 15.2.